The number of hydrogen-bond donors (Lipinski definition) is 1. The van der Waals surface area contributed by atoms with Crippen molar-refractivity contribution in [1.82, 2.24) is 14.9 Å². The van der Waals surface area contributed by atoms with Crippen LogP contribution in [0.15, 0.2) is 77.6 Å². The molecule has 7 rings (SSSR count). The number of imide groups is 1. The van der Waals surface area contributed by atoms with Gasteiger partial charge in [-0.1, -0.05) is 63.2 Å². The number of aryl methyl sites for hydroxylation is 1. The number of amides is 2. The smallest absolute Gasteiger partial charge is 0.266 e. The van der Waals surface area contributed by atoms with Crippen LogP contribution in [0.1, 0.15) is 37.7 Å². The average molecular weight is 505 g/mol. The Bertz CT molecular complexity index is 1710. The standard InChI is InChI=1S/C31H28N4O3/c1-4-18-13-15-19(16-14-18)34-28(37)24-25(29(34)38)31(33-26(24)17(2)3)21-10-6-8-12-23(21)35-27(36)20-9-5-7-11-22(20)32-30(31)35/h5-17,24-26,33H,4H2,1-3H3/t24-,25-,26-,31-/m1/s1. The van der Waals surface area contributed by atoms with Gasteiger partial charge in [0.05, 0.1) is 34.1 Å². The molecule has 1 aromatic heterocycles. The maximum atomic E-state index is 14.4. The van der Waals surface area contributed by atoms with Gasteiger partial charge in [0.15, 0.2) is 0 Å². The summed E-state index contributed by atoms with van der Waals surface area (Å²) >= 11 is 0. The number of anilines is 1. The average Bonchev–Trinajstić information content (AvgIpc) is 3.53. The highest BCUT2D eigenvalue weighted by atomic mass is 16.2. The molecule has 2 amide bonds. The third-order valence-electron chi connectivity index (χ3n) is 8.62. The summed E-state index contributed by atoms with van der Waals surface area (Å²) in [4.78, 5) is 48.7. The van der Waals surface area contributed by atoms with E-state index >= 15 is 0 Å². The Morgan fingerprint density at radius 3 is 2.37 bits per heavy atom. The zero-order valence-corrected chi connectivity index (χ0v) is 21.5. The highest BCUT2D eigenvalue weighted by Gasteiger charge is 2.70. The first-order valence-corrected chi connectivity index (χ1v) is 13.2. The minimum atomic E-state index is -1.11. The maximum absolute atomic E-state index is 14.4. The number of fused-ring (bicyclic) bond motifs is 8. The molecule has 0 aliphatic carbocycles. The van der Waals surface area contributed by atoms with E-state index in [9.17, 15) is 14.4 Å². The number of nitrogens with one attached hydrogen (secondary N) is 1. The molecule has 3 aliphatic heterocycles. The van der Waals surface area contributed by atoms with E-state index in [0.29, 0.717) is 28.1 Å². The van der Waals surface area contributed by atoms with Crippen LogP contribution in [0.25, 0.3) is 16.6 Å². The molecule has 3 aliphatic rings. The Hall–Kier alpha value is -4.10. The fourth-order valence-corrected chi connectivity index (χ4v) is 6.86. The second kappa shape index (κ2) is 7.95. The van der Waals surface area contributed by atoms with Gasteiger partial charge in [0.2, 0.25) is 11.8 Å². The molecule has 0 bridgehead atoms. The van der Waals surface area contributed by atoms with Crippen molar-refractivity contribution in [3.63, 3.8) is 0 Å². The summed E-state index contributed by atoms with van der Waals surface area (Å²) in [6.45, 7) is 6.19. The molecule has 0 saturated carbocycles. The predicted octanol–water partition coefficient (Wildman–Crippen LogP) is 3.94. The number of nitrogens with zero attached hydrogens (tertiary/aromatic N) is 3. The Morgan fingerprint density at radius 2 is 1.63 bits per heavy atom. The minimum Gasteiger partial charge on any atom is -0.296 e. The van der Waals surface area contributed by atoms with Crippen LogP contribution in [0.5, 0.6) is 0 Å². The van der Waals surface area contributed by atoms with E-state index in [-0.39, 0.29) is 29.3 Å². The molecule has 0 unspecified atom stereocenters. The van der Waals surface area contributed by atoms with Crippen LogP contribution in [-0.4, -0.2) is 27.4 Å². The monoisotopic (exact) mass is 504 g/mol. The van der Waals surface area contributed by atoms with Gasteiger partial charge in [0.25, 0.3) is 5.56 Å². The lowest BCUT2D eigenvalue weighted by molar-refractivity contribution is -0.123. The number of rotatable bonds is 3. The molecule has 7 heteroatoms. The predicted molar refractivity (Wildman–Crippen MR) is 145 cm³/mol. The Morgan fingerprint density at radius 1 is 0.921 bits per heavy atom. The first-order chi connectivity index (χ1) is 18.4. The van der Waals surface area contributed by atoms with Crippen LogP contribution >= 0.6 is 0 Å². The largest absolute Gasteiger partial charge is 0.296 e. The number of carbonyl (C=O) groups excluding carboxylic acids is 2. The summed E-state index contributed by atoms with van der Waals surface area (Å²) in [6, 6.07) is 22.3. The van der Waals surface area contributed by atoms with E-state index in [2.05, 4.69) is 26.1 Å². The van der Waals surface area contributed by atoms with Crippen molar-refractivity contribution in [3.8, 4) is 5.69 Å². The molecule has 2 saturated heterocycles. The number of hydrogen-bond acceptors (Lipinski definition) is 5. The molecular formula is C31H28N4O3. The molecule has 1 spiro atoms. The molecule has 0 radical (unpaired) electrons. The summed E-state index contributed by atoms with van der Waals surface area (Å²) in [5.74, 6) is -1.25. The van der Waals surface area contributed by atoms with Crippen LogP contribution in [0.2, 0.25) is 0 Å². The van der Waals surface area contributed by atoms with E-state index in [1.165, 1.54) is 4.90 Å². The molecule has 38 heavy (non-hydrogen) atoms. The number of para-hydroxylation sites is 2. The summed E-state index contributed by atoms with van der Waals surface area (Å²) in [5, 5.41) is 4.25. The summed E-state index contributed by atoms with van der Waals surface area (Å²) in [7, 11) is 0. The van der Waals surface area contributed by atoms with Crippen molar-refractivity contribution in [3.05, 3.63) is 100 Å². The lowest BCUT2D eigenvalue weighted by atomic mass is 9.75. The molecule has 4 aromatic rings. The van der Waals surface area contributed by atoms with E-state index in [0.717, 1.165) is 17.5 Å². The van der Waals surface area contributed by atoms with Crippen molar-refractivity contribution in [2.45, 2.75) is 38.8 Å². The maximum Gasteiger partial charge on any atom is 0.266 e. The molecular weight excluding hydrogens is 476 g/mol. The van der Waals surface area contributed by atoms with Crippen LogP contribution in [-0.2, 0) is 21.5 Å². The summed E-state index contributed by atoms with van der Waals surface area (Å²) < 4.78 is 1.64. The second-order valence-electron chi connectivity index (χ2n) is 10.9. The first kappa shape index (κ1) is 23.0. The molecule has 190 valence electrons. The van der Waals surface area contributed by atoms with E-state index < -0.39 is 17.4 Å². The van der Waals surface area contributed by atoms with Gasteiger partial charge in [0.1, 0.15) is 11.4 Å². The van der Waals surface area contributed by atoms with Crippen LogP contribution in [0, 0.1) is 17.8 Å². The van der Waals surface area contributed by atoms with Crippen molar-refractivity contribution >= 4 is 28.4 Å². The molecule has 1 N–H and O–H groups in total. The molecule has 3 aromatic carbocycles. The molecule has 4 heterocycles. The van der Waals surface area contributed by atoms with Gasteiger partial charge in [-0.3, -0.25) is 24.3 Å². The molecule has 7 nitrogen and oxygen atoms in total. The van der Waals surface area contributed by atoms with Gasteiger partial charge in [-0.2, -0.15) is 0 Å². The normalized spacial score (nSPS) is 25.5. The van der Waals surface area contributed by atoms with Crippen molar-refractivity contribution in [1.29, 1.82) is 0 Å². The number of carbonyl (C=O) groups is 2. The molecule has 4 atom stereocenters. The summed E-state index contributed by atoms with van der Waals surface area (Å²) in [6.07, 6.45) is 0.873. The van der Waals surface area contributed by atoms with Crippen LogP contribution < -0.4 is 15.8 Å². The highest BCUT2D eigenvalue weighted by Crippen LogP contribution is 2.56. The topological polar surface area (TPSA) is 84.3 Å². The van der Waals surface area contributed by atoms with Crippen molar-refractivity contribution in [2.24, 2.45) is 17.8 Å². The van der Waals surface area contributed by atoms with Crippen LogP contribution in [0.4, 0.5) is 5.69 Å². The second-order valence-corrected chi connectivity index (χ2v) is 10.9. The lowest BCUT2D eigenvalue weighted by Crippen LogP contribution is -2.51. The van der Waals surface area contributed by atoms with Gasteiger partial charge in [0, 0.05) is 11.6 Å². The SMILES string of the molecule is CCc1ccc(N2C(=O)[C@H]3[C@@H](C(C)C)N[C@]4(c5ccccc5-n5c4nc4ccccc4c5=O)[C@H]3C2=O)cc1. The summed E-state index contributed by atoms with van der Waals surface area (Å²) in [5.41, 5.74) is 2.52. The zero-order chi connectivity index (χ0) is 26.3. The lowest BCUT2D eigenvalue weighted by Gasteiger charge is -2.32. The number of benzene rings is 3. The Labute approximate surface area is 220 Å². The Kier molecular flexibility index (Phi) is 4.82. The van der Waals surface area contributed by atoms with E-state index in [1.807, 2.05) is 66.7 Å². The van der Waals surface area contributed by atoms with Gasteiger partial charge in [-0.25, -0.2) is 9.88 Å². The van der Waals surface area contributed by atoms with Crippen LogP contribution in [0.3, 0.4) is 0 Å². The van der Waals surface area contributed by atoms with Crippen molar-refractivity contribution < 1.29 is 9.59 Å². The first-order valence-electron chi connectivity index (χ1n) is 13.2. The van der Waals surface area contributed by atoms with Gasteiger partial charge in [-0.15, -0.1) is 0 Å². The third-order valence-corrected chi connectivity index (χ3v) is 8.62. The fourth-order valence-electron chi connectivity index (χ4n) is 6.86. The zero-order valence-electron chi connectivity index (χ0n) is 21.5. The van der Waals surface area contributed by atoms with Gasteiger partial charge in [-0.05, 0) is 48.2 Å². The highest BCUT2D eigenvalue weighted by molar-refractivity contribution is 6.23. The Balaban J connectivity index is 1.51. The quantitative estimate of drug-likeness (QED) is 0.428. The third kappa shape index (κ3) is 2.77. The van der Waals surface area contributed by atoms with Gasteiger partial charge < -0.3 is 0 Å². The molecule has 2 fully saturated rings. The van der Waals surface area contributed by atoms with Crippen molar-refractivity contribution in [2.75, 3.05) is 4.90 Å². The fraction of sp³-hybridized carbons (Fsp3) is 0.290. The van der Waals surface area contributed by atoms with Gasteiger partial charge >= 0.3 is 0 Å². The van der Waals surface area contributed by atoms with E-state index in [1.54, 1.807) is 10.6 Å². The van der Waals surface area contributed by atoms with E-state index in [4.69, 9.17) is 4.98 Å². The number of aromatic nitrogens is 2. The minimum absolute atomic E-state index is 0.0643.